The zero-order valence-corrected chi connectivity index (χ0v) is 12.2. The number of thiophene rings is 1. The number of aromatic nitrogens is 1. The summed E-state index contributed by atoms with van der Waals surface area (Å²) in [6.07, 6.45) is 2.12. The maximum atomic E-state index is 12.1. The van der Waals surface area contributed by atoms with E-state index < -0.39 is 0 Å². The average molecular weight is 280 g/mol. The van der Waals surface area contributed by atoms with Crippen molar-refractivity contribution < 1.29 is 4.79 Å². The Hall–Kier alpha value is -1.20. The molecule has 0 unspecified atom stereocenters. The SMILES string of the molecule is CCCCN(C)C(=O)c1csc(-c2cccs2)n1. The molecule has 2 heterocycles. The molecule has 0 aromatic carbocycles. The fourth-order valence-corrected chi connectivity index (χ4v) is 3.19. The summed E-state index contributed by atoms with van der Waals surface area (Å²) in [7, 11) is 1.84. The van der Waals surface area contributed by atoms with E-state index in [-0.39, 0.29) is 5.91 Å². The molecular weight excluding hydrogens is 264 g/mol. The third-order valence-electron chi connectivity index (χ3n) is 2.65. The predicted octanol–water partition coefficient (Wildman–Crippen LogP) is 3.74. The van der Waals surface area contributed by atoms with E-state index in [1.807, 2.05) is 29.9 Å². The molecule has 0 N–H and O–H groups in total. The van der Waals surface area contributed by atoms with Crippen molar-refractivity contribution in [2.45, 2.75) is 19.8 Å². The summed E-state index contributed by atoms with van der Waals surface area (Å²) in [4.78, 5) is 19.4. The van der Waals surface area contributed by atoms with Crippen LogP contribution in [0.2, 0.25) is 0 Å². The van der Waals surface area contributed by atoms with Crippen molar-refractivity contribution in [1.82, 2.24) is 9.88 Å². The third-order valence-corrected chi connectivity index (χ3v) is 4.53. The van der Waals surface area contributed by atoms with Crippen molar-refractivity contribution in [3.05, 3.63) is 28.6 Å². The van der Waals surface area contributed by atoms with Crippen LogP contribution in [0, 0.1) is 0 Å². The van der Waals surface area contributed by atoms with E-state index in [0.29, 0.717) is 5.69 Å². The largest absolute Gasteiger partial charge is 0.340 e. The third kappa shape index (κ3) is 2.97. The molecule has 0 aliphatic carbocycles. The molecule has 0 aliphatic heterocycles. The monoisotopic (exact) mass is 280 g/mol. The topological polar surface area (TPSA) is 33.2 Å². The first-order valence-corrected chi connectivity index (χ1v) is 7.73. The van der Waals surface area contributed by atoms with Crippen molar-refractivity contribution in [1.29, 1.82) is 0 Å². The van der Waals surface area contributed by atoms with Crippen LogP contribution in [-0.4, -0.2) is 29.4 Å². The van der Waals surface area contributed by atoms with Gasteiger partial charge in [0.2, 0.25) is 0 Å². The lowest BCUT2D eigenvalue weighted by atomic mass is 10.3. The molecule has 1 amide bonds. The number of hydrogen-bond acceptors (Lipinski definition) is 4. The Balaban J connectivity index is 2.08. The van der Waals surface area contributed by atoms with Gasteiger partial charge in [-0.2, -0.15) is 0 Å². The van der Waals surface area contributed by atoms with Crippen LogP contribution in [0.5, 0.6) is 0 Å². The number of rotatable bonds is 5. The Labute approximate surface area is 115 Å². The fraction of sp³-hybridized carbons (Fsp3) is 0.385. The van der Waals surface area contributed by atoms with E-state index in [4.69, 9.17) is 0 Å². The van der Waals surface area contributed by atoms with Gasteiger partial charge in [-0.3, -0.25) is 4.79 Å². The van der Waals surface area contributed by atoms with Crippen LogP contribution in [0.1, 0.15) is 30.3 Å². The van der Waals surface area contributed by atoms with Crippen LogP contribution in [0.3, 0.4) is 0 Å². The van der Waals surface area contributed by atoms with Crippen molar-refractivity contribution in [2.24, 2.45) is 0 Å². The number of carbonyl (C=O) groups is 1. The van der Waals surface area contributed by atoms with Crippen LogP contribution in [-0.2, 0) is 0 Å². The van der Waals surface area contributed by atoms with Crippen molar-refractivity contribution >= 4 is 28.6 Å². The van der Waals surface area contributed by atoms with Crippen molar-refractivity contribution in [2.75, 3.05) is 13.6 Å². The van der Waals surface area contributed by atoms with Gasteiger partial charge < -0.3 is 4.90 Å². The summed E-state index contributed by atoms with van der Waals surface area (Å²) >= 11 is 3.18. The molecule has 18 heavy (non-hydrogen) atoms. The average Bonchev–Trinajstić information content (AvgIpc) is 3.04. The minimum atomic E-state index is 0.0162. The smallest absolute Gasteiger partial charge is 0.273 e. The van der Waals surface area contributed by atoms with E-state index in [9.17, 15) is 4.79 Å². The van der Waals surface area contributed by atoms with Crippen molar-refractivity contribution in [3.8, 4) is 9.88 Å². The zero-order valence-electron chi connectivity index (χ0n) is 10.5. The molecule has 0 bridgehead atoms. The Morgan fingerprint density at radius 2 is 2.28 bits per heavy atom. The summed E-state index contributed by atoms with van der Waals surface area (Å²) < 4.78 is 0. The second kappa shape index (κ2) is 6.11. The predicted molar refractivity (Wildman–Crippen MR) is 77.3 cm³/mol. The molecular formula is C13H16N2OS2. The van der Waals surface area contributed by atoms with Gasteiger partial charge in [0.15, 0.2) is 0 Å². The quantitative estimate of drug-likeness (QED) is 0.836. The molecule has 5 heteroatoms. The van der Waals surface area contributed by atoms with Crippen LogP contribution in [0.25, 0.3) is 9.88 Å². The summed E-state index contributed by atoms with van der Waals surface area (Å²) in [5.74, 6) is 0.0162. The molecule has 2 aromatic heterocycles. The Bertz CT molecular complexity index is 505. The molecule has 0 atom stereocenters. The molecule has 0 saturated heterocycles. The molecule has 3 nitrogen and oxygen atoms in total. The number of amides is 1. The van der Waals surface area contributed by atoms with Crippen LogP contribution < -0.4 is 0 Å². The molecule has 0 saturated carbocycles. The number of hydrogen-bond donors (Lipinski definition) is 0. The minimum absolute atomic E-state index is 0.0162. The van der Waals surface area contributed by atoms with E-state index in [2.05, 4.69) is 11.9 Å². The Morgan fingerprint density at radius 1 is 1.44 bits per heavy atom. The second-order valence-electron chi connectivity index (χ2n) is 4.10. The van der Waals surface area contributed by atoms with Gasteiger partial charge >= 0.3 is 0 Å². The molecule has 2 rings (SSSR count). The highest BCUT2D eigenvalue weighted by Gasteiger charge is 2.15. The molecule has 96 valence electrons. The first-order chi connectivity index (χ1) is 8.72. The van der Waals surface area contributed by atoms with Crippen LogP contribution in [0.15, 0.2) is 22.9 Å². The fourth-order valence-electron chi connectivity index (χ4n) is 1.58. The molecule has 2 aromatic rings. The summed E-state index contributed by atoms with van der Waals surface area (Å²) in [6.45, 7) is 2.91. The second-order valence-corrected chi connectivity index (χ2v) is 5.90. The van der Waals surface area contributed by atoms with Crippen LogP contribution in [0.4, 0.5) is 0 Å². The molecule has 0 fully saturated rings. The lowest BCUT2D eigenvalue weighted by molar-refractivity contribution is 0.0788. The highest BCUT2D eigenvalue weighted by Crippen LogP contribution is 2.28. The maximum Gasteiger partial charge on any atom is 0.273 e. The summed E-state index contributed by atoms with van der Waals surface area (Å²) in [6, 6.07) is 4.02. The maximum absolute atomic E-state index is 12.1. The zero-order chi connectivity index (χ0) is 13.0. The van der Waals surface area contributed by atoms with Gasteiger partial charge in [-0.05, 0) is 17.9 Å². The Morgan fingerprint density at radius 3 is 2.94 bits per heavy atom. The van der Waals surface area contributed by atoms with E-state index >= 15 is 0 Å². The van der Waals surface area contributed by atoms with Gasteiger partial charge in [0.25, 0.3) is 5.91 Å². The van der Waals surface area contributed by atoms with Gasteiger partial charge in [0.05, 0.1) is 4.88 Å². The molecule has 0 spiro atoms. The van der Waals surface area contributed by atoms with Gasteiger partial charge in [-0.1, -0.05) is 19.4 Å². The normalized spacial score (nSPS) is 10.6. The highest BCUT2D eigenvalue weighted by molar-refractivity contribution is 7.20. The van der Waals surface area contributed by atoms with Gasteiger partial charge in [-0.15, -0.1) is 22.7 Å². The minimum Gasteiger partial charge on any atom is -0.340 e. The summed E-state index contributed by atoms with van der Waals surface area (Å²) in [5, 5.41) is 4.79. The lowest BCUT2D eigenvalue weighted by Crippen LogP contribution is -2.27. The number of thiazole rings is 1. The van der Waals surface area contributed by atoms with E-state index in [1.165, 1.54) is 11.3 Å². The first kappa shape index (κ1) is 13.2. The Kier molecular flexibility index (Phi) is 4.49. The molecule has 0 aliphatic rings. The first-order valence-electron chi connectivity index (χ1n) is 5.97. The number of unbranched alkanes of at least 4 members (excludes halogenated alkanes) is 1. The van der Waals surface area contributed by atoms with Gasteiger partial charge in [-0.25, -0.2) is 4.98 Å². The van der Waals surface area contributed by atoms with E-state index in [0.717, 1.165) is 29.3 Å². The summed E-state index contributed by atoms with van der Waals surface area (Å²) in [5.41, 5.74) is 0.557. The number of carbonyl (C=O) groups excluding carboxylic acids is 1. The highest BCUT2D eigenvalue weighted by atomic mass is 32.1. The van der Waals surface area contributed by atoms with Crippen LogP contribution >= 0.6 is 22.7 Å². The van der Waals surface area contributed by atoms with Crippen molar-refractivity contribution in [3.63, 3.8) is 0 Å². The molecule has 0 radical (unpaired) electrons. The standard InChI is InChI=1S/C13H16N2OS2/c1-3-4-7-15(2)13(16)10-9-18-12(14-10)11-6-5-8-17-11/h5-6,8-9H,3-4,7H2,1-2H3. The van der Waals surface area contributed by atoms with E-state index in [1.54, 1.807) is 16.2 Å². The van der Waals surface area contributed by atoms with Gasteiger partial charge in [0, 0.05) is 19.0 Å². The number of nitrogens with zero attached hydrogens (tertiary/aromatic N) is 2. The lowest BCUT2D eigenvalue weighted by Gasteiger charge is -2.14. The van der Waals surface area contributed by atoms with Gasteiger partial charge in [0.1, 0.15) is 10.7 Å².